The van der Waals surface area contributed by atoms with Crippen molar-refractivity contribution >= 4 is 5.91 Å². The minimum atomic E-state index is -0.119. The summed E-state index contributed by atoms with van der Waals surface area (Å²) in [5.41, 5.74) is 3.33. The van der Waals surface area contributed by atoms with Crippen molar-refractivity contribution in [3.05, 3.63) is 52.7 Å². The van der Waals surface area contributed by atoms with Gasteiger partial charge in [0.2, 0.25) is 5.88 Å². The predicted molar refractivity (Wildman–Crippen MR) is 106 cm³/mol. The summed E-state index contributed by atoms with van der Waals surface area (Å²) >= 11 is 0. The third kappa shape index (κ3) is 2.68. The molecule has 1 aliphatic carbocycles. The second kappa shape index (κ2) is 6.48. The molecule has 5 rings (SSSR count). The van der Waals surface area contributed by atoms with Crippen LogP contribution in [0.15, 0.2) is 30.5 Å². The number of benzene rings is 1. The molecule has 1 aromatic heterocycles. The zero-order valence-corrected chi connectivity index (χ0v) is 16.6. The molecule has 2 aliphatic heterocycles. The lowest BCUT2D eigenvalue weighted by Gasteiger charge is -2.47. The first-order valence-electron chi connectivity index (χ1n) is 10.1. The zero-order valence-electron chi connectivity index (χ0n) is 16.6. The van der Waals surface area contributed by atoms with Crippen LogP contribution in [0, 0.1) is 18.3 Å². The van der Waals surface area contributed by atoms with Crippen molar-refractivity contribution in [3.63, 3.8) is 0 Å². The van der Waals surface area contributed by atoms with E-state index in [1.54, 1.807) is 19.4 Å². The average Bonchev–Trinajstić information content (AvgIpc) is 3.55. The van der Waals surface area contributed by atoms with Gasteiger partial charge in [-0.15, -0.1) is 0 Å². The van der Waals surface area contributed by atoms with Crippen LogP contribution in [0.2, 0.25) is 0 Å². The van der Waals surface area contributed by atoms with Crippen molar-refractivity contribution in [2.45, 2.75) is 50.2 Å². The molecule has 1 aromatic carbocycles. The molecule has 29 heavy (non-hydrogen) atoms. The van der Waals surface area contributed by atoms with Crippen molar-refractivity contribution < 1.29 is 14.3 Å². The van der Waals surface area contributed by atoms with Gasteiger partial charge in [-0.05, 0) is 62.4 Å². The number of hydrogen-bond donors (Lipinski definition) is 0. The number of fused-ring (bicyclic) bond motifs is 4. The van der Waals surface area contributed by atoms with Gasteiger partial charge in [0.05, 0.1) is 25.3 Å². The highest BCUT2D eigenvalue weighted by molar-refractivity contribution is 5.98. The quantitative estimate of drug-likeness (QED) is 0.805. The summed E-state index contributed by atoms with van der Waals surface area (Å²) in [4.78, 5) is 19.6. The average molecular weight is 389 g/mol. The number of amides is 1. The van der Waals surface area contributed by atoms with Gasteiger partial charge >= 0.3 is 0 Å². The van der Waals surface area contributed by atoms with E-state index in [4.69, 9.17) is 9.47 Å². The van der Waals surface area contributed by atoms with Crippen molar-refractivity contribution in [1.82, 2.24) is 9.88 Å². The van der Waals surface area contributed by atoms with Gasteiger partial charge in [0.15, 0.2) is 0 Å². The van der Waals surface area contributed by atoms with Crippen molar-refractivity contribution in [2.75, 3.05) is 13.7 Å². The lowest BCUT2D eigenvalue weighted by Crippen LogP contribution is -2.58. The molecule has 1 unspecified atom stereocenters. The van der Waals surface area contributed by atoms with Gasteiger partial charge in [-0.1, -0.05) is 0 Å². The molecule has 1 saturated carbocycles. The number of ether oxygens (including phenoxy) is 2. The van der Waals surface area contributed by atoms with Gasteiger partial charge in [-0.25, -0.2) is 4.98 Å². The van der Waals surface area contributed by atoms with Crippen LogP contribution in [0.1, 0.15) is 52.7 Å². The van der Waals surface area contributed by atoms with Crippen LogP contribution in [-0.4, -0.2) is 41.6 Å². The molecule has 148 valence electrons. The smallest absolute Gasteiger partial charge is 0.254 e. The monoisotopic (exact) mass is 389 g/mol. The summed E-state index contributed by atoms with van der Waals surface area (Å²) in [6, 6.07) is 9.90. The fourth-order valence-electron chi connectivity index (χ4n) is 5.07. The molecule has 1 spiro atoms. The van der Waals surface area contributed by atoms with Crippen LogP contribution in [0.25, 0.3) is 0 Å². The van der Waals surface area contributed by atoms with E-state index in [1.165, 1.54) is 0 Å². The van der Waals surface area contributed by atoms with Crippen LogP contribution in [0.4, 0.5) is 0 Å². The highest BCUT2D eigenvalue weighted by Crippen LogP contribution is 2.58. The van der Waals surface area contributed by atoms with Crippen molar-refractivity contribution in [1.29, 1.82) is 5.26 Å². The minimum absolute atomic E-state index is 0.0671. The molecular weight excluding hydrogens is 366 g/mol. The molecule has 2 aromatic rings. The van der Waals surface area contributed by atoms with Crippen LogP contribution in [-0.2, 0) is 5.41 Å². The predicted octanol–water partition coefficient (Wildman–Crippen LogP) is 3.37. The Bertz CT molecular complexity index is 1040. The van der Waals surface area contributed by atoms with E-state index >= 15 is 0 Å². The topological polar surface area (TPSA) is 75.5 Å². The van der Waals surface area contributed by atoms with Crippen LogP contribution in [0.5, 0.6) is 11.6 Å². The zero-order chi connectivity index (χ0) is 20.2. The maximum absolute atomic E-state index is 13.3. The second-order valence-corrected chi connectivity index (χ2v) is 8.26. The Balaban J connectivity index is 1.43. The van der Waals surface area contributed by atoms with E-state index in [9.17, 15) is 10.1 Å². The molecule has 1 saturated heterocycles. The first-order valence-corrected chi connectivity index (χ1v) is 10.1. The van der Waals surface area contributed by atoms with Gasteiger partial charge in [0.1, 0.15) is 11.9 Å². The van der Waals surface area contributed by atoms with E-state index < -0.39 is 0 Å². The lowest BCUT2D eigenvalue weighted by atomic mass is 9.76. The standard InChI is InChI=1S/C23H23N3O3/c1-14-15(12-24)7-10-25-21(14)29-17-4-6-20-23(8-9-23)19-11-16(28-2)3-5-18(19)22(27)26(20)13-17/h3,5,7,10-11,17,20H,4,6,8-9,13H2,1-2H3/t17?,20-/m0/s1. The molecule has 0 bridgehead atoms. The van der Waals surface area contributed by atoms with Gasteiger partial charge in [0, 0.05) is 28.8 Å². The maximum atomic E-state index is 13.3. The number of rotatable bonds is 3. The molecule has 6 nitrogen and oxygen atoms in total. The molecule has 6 heteroatoms. The Morgan fingerprint density at radius 2 is 2.10 bits per heavy atom. The van der Waals surface area contributed by atoms with Crippen LogP contribution in [0.3, 0.4) is 0 Å². The summed E-state index contributed by atoms with van der Waals surface area (Å²) in [6.45, 7) is 2.40. The molecule has 3 aliphatic rings. The van der Waals surface area contributed by atoms with E-state index in [1.807, 2.05) is 24.0 Å². The third-order valence-electron chi connectivity index (χ3n) is 6.78. The normalized spacial score (nSPS) is 23.8. The summed E-state index contributed by atoms with van der Waals surface area (Å²) < 4.78 is 11.6. The number of carbonyl (C=O) groups excluding carboxylic acids is 1. The molecule has 0 radical (unpaired) electrons. The SMILES string of the molecule is COc1ccc2c(c1)C1(CC1)[C@@H]1CCC(Oc3nccc(C#N)c3C)CN1C2=O. The second-order valence-electron chi connectivity index (χ2n) is 8.26. The molecule has 1 amide bonds. The fraction of sp³-hybridized carbons (Fsp3) is 0.435. The van der Waals surface area contributed by atoms with Crippen molar-refractivity contribution in [2.24, 2.45) is 0 Å². The summed E-state index contributed by atoms with van der Waals surface area (Å²) in [6.07, 6.45) is 5.47. The molecule has 0 N–H and O–H groups in total. The summed E-state index contributed by atoms with van der Waals surface area (Å²) in [5.74, 6) is 1.38. The van der Waals surface area contributed by atoms with E-state index in [2.05, 4.69) is 17.1 Å². The Morgan fingerprint density at radius 1 is 1.28 bits per heavy atom. The minimum Gasteiger partial charge on any atom is -0.497 e. The maximum Gasteiger partial charge on any atom is 0.254 e. The number of nitrogens with zero attached hydrogens (tertiary/aromatic N) is 3. The Kier molecular flexibility index (Phi) is 4.02. The van der Waals surface area contributed by atoms with E-state index in [0.717, 1.165) is 48.1 Å². The van der Waals surface area contributed by atoms with Gasteiger partial charge < -0.3 is 14.4 Å². The Hall–Kier alpha value is -3.07. The highest BCUT2D eigenvalue weighted by atomic mass is 16.5. The fourth-order valence-corrected chi connectivity index (χ4v) is 5.07. The van der Waals surface area contributed by atoms with E-state index in [0.29, 0.717) is 18.0 Å². The summed E-state index contributed by atoms with van der Waals surface area (Å²) in [7, 11) is 1.66. The Morgan fingerprint density at radius 3 is 2.83 bits per heavy atom. The number of hydrogen-bond acceptors (Lipinski definition) is 5. The molecule has 3 heterocycles. The van der Waals surface area contributed by atoms with Crippen molar-refractivity contribution in [3.8, 4) is 17.7 Å². The number of pyridine rings is 1. The third-order valence-corrected chi connectivity index (χ3v) is 6.78. The van der Waals surface area contributed by atoms with E-state index in [-0.39, 0.29) is 23.5 Å². The number of carbonyl (C=O) groups is 1. The van der Waals surface area contributed by atoms with Crippen LogP contribution >= 0.6 is 0 Å². The molecule has 2 fully saturated rings. The van der Waals surface area contributed by atoms with Crippen LogP contribution < -0.4 is 9.47 Å². The van der Waals surface area contributed by atoms with Gasteiger partial charge in [-0.3, -0.25) is 4.79 Å². The number of methoxy groups -OCH3 is 1. The number of piperidine rings is 1. The first-order chi connectivity index (χ1) is 14.1. The van der Waals surface area contributed by atoms with Gasteiger partial charge in [0.25, 0.3) is 5.91 Å². The van der Waals surface area contributed by atoms with Gasteiger partial charge in [-0.2, -0.15) is 5.26 Å². The number of nitriles is 1. The number of aromatic nitrogens is 1. The Labute approximate surface area is 170 Å². The summed E-state index contributed by atoms with van der Waals surface area (Å²) in [5, 5.41) is 9.24. The molecule has 2 atom stereocenters. The lowest BCUT2D eigenvalue weighted by molar-refractivity contribution is 0.0201. The largest absolute Gasteiger partial charge is 0.497 e. The first kappa shape index (κ1) is 18.0. The molecular formula is C23H23N3O3. The highest BCUT2D eigenvalue weighted by Gasteiger charge is 2.59.